The van der Waals surface area contributed by atoms with Crippen molar-refractivity contribution in [3.63, 3.8) is 0 Å². The number of likely N-dealkylation sites (tertiary alicyclic amines) is 1. The number of halogens is 1. The lowest BCUT2D eigenvalue weighted by Crippen LogP contribution is -2.35. The van der Waals surface area contributed by atoms with Gasteiger partial charge in [-0.05, 0) is 49.5 Å². The van der Waals surface area contributed by atoms with Crippen LogP contribution in [0.25, 0.3) is 0 Å². The monoisotopic (exact) mass is 249 g/mol. The molecule has 0 saturated carbocycles. The van der Waals surface area contributed by atoms with Crippen molar-refractivity contribution in [2.75, 3.05) is 19.6 Å². The summed E-state index contributed by atoms with van der Waals surface area (Å²) in [6.07, 6.45) is 3.40. The van der Waals surface area contributed by atoms with E-state index >= 15 is 0 Å². The first-order valence-electron chi connectivity index (χ1n) is 6.47. The molecule has 1 fully saturated rings. The lowest BCUT2D eigenvalue weighted by atomic mass is 9.87. The SMILES string of the molecule is C=CCN1CCC(C(O)c2ccc(F)cc2)CC1. The second kappa shape index (κ2) is 6.12. The van der Waals surface area contributed by atoms with E-state index in [2.05, 4.69) is 11.5 Å². The maximum absolute atomic E-state index is 12.8. The van der Waals surface area contributed by atoms with E-state index in [0.29, 0.717) is 0 Å². The molecule has 0 amide bonds. The van der Waals surface area contributed by atoms with E-state index in [-0.39, 0.29) is 11.7 Å². The maximum atomic E-state index is 12.8. The van der Waals surface area contributed by atoms with Crippen molar-refractivity contribution < 1.29 is 9.50 Å². The number of aliphatic hydroxyl groups is 1. The van der Waals surface area contributed by atoms with Crippen LogP contribution in [-0.2, 0) is 0 Å². The smallest absolute Gasteiger partial charge is 0.123 e. The molecule has 0 aliphatic carbocycles. The topological polar surface area (TPSA) is 23.5 Å². The van der Waals surface area contributed by atoms with Crippen molar-refractivity contribution in [3.05, 3.63) is 48.3 Å². The van der Waals surface area contributed by atoms with Gasteiger partial charge in [-0.1, -0.05) is 18.2 Å². The summed E-state index contributed by atoms with van der Waals surface area (Å²) in [5.41, 5.74) is 0.818. The summed E-state index contributed by atoms with van der Waals surface area (Å²) in [7, 11) is 0. The van der Waals surface area contributed by atoms with Crippen LogP contribution in [0.5, 0.6) is 0 Å². The molecule has 1 atom stereocenters. The highest BCUT2D eigenvalue weighted by molar-refractivity contribution is 5.19. The van der Waals surface area contributed by atoms with Crippen LogP contribution in [0, 0.1) is 11.7 Å². The number of rotatable bonds is 4. The normalized spacial score (nSPS) is 19.7. The van der Waals surface area contributed by atoms with E-state index in [1.807, 2.05) is 6.08 Å². The van der Waals surface area contributed by atoms with Crippen molar-refractivity contribution >= 4 is 0 Å². The van der Waals surface area contributed by atoms with Gasteiger partial charge in [0, 0.05) is 6.54 Å². The van der Waals surface area contributed by atoms with E-state index < -0.39 is 6.10 Å². The Morgan fingerprint density at radius 1 is 1.33 bits per heavy atom. The molecule has 98 valence electrons. The molecule has 0 aromatic heterocycles. The lowest BCUT2D eigenvalue weighted by molar-refractivity contribution is 0.0621. The fourth-order valence-corrected chi connectivity index (χ4v) is 2.57. The van der Waals surface area contributed by atoms with E-state index in [4.69, 9.17) is 0 Å². The van der Waals surface area contributed by atoms with E-state index in [0.717, 1.165) is 38.0 Å². The predicted molar refractivity (Wildman–Crippen MR) is 70.7 cm³/mol. The van der Waals surface area contributed by atoms with Gasteiger partial charge in [0.2, 0.25) is 0 Å². The minimum Gasteiger partial charge on any atom is -0.388 e. The van der Waals surface area contributed by atoms with Crippen molar-refractivity contribution in [3.8, 4) is 0 Å². The molecule has 18 heavy (non-hydrogen) atoms. The number of hydrogen-bond acceptors (Lipinski definition) is 2. The van der Waals surface area contributed by atoms with E-state index in [9.17, 15) is 9.50 Å². The molecule has 0 spiro atoms. The van der Waals surface area contributed by atoms with Crippen LogP contribution in [0.2, 0.25) is 0 Å². The van der Waals surface area contributed by atoms with Gasteiger partial charge in [-0.2, -0.15) is 0 Å². The van der Waals surface area contributed by atoms with Crippen LogP contribution in [0.3, 0.4) is 0 Å². The molecule has 1 saturated heterocycles. The Morgan fingerprint density at radius 2 is 1.94 bits per heavy atom. The minimum atomic E-state index is -0.475. The van der Waals surface area contributed by atoms with Crippen LogP contribution in [0.1, 0.15) is 24.5 Å². The molecule has 0 radical (unpaired) electrons. The third-order valence-corrected chi connectivity index (χ3v) is 3.68. The summed E-state index contributed by atoms with van der Waals surface area (Å²) in [6, 6.07) is 6.17. The zero-order valence-corrected chi connectivity index (χ0v) is 10.6. The Labute approximate surface area is 108 Å². The van der Waals surface area contributed by atoms with Crippen molar-refractivity contribution in [1.82, 2.24) is 4.90 Å². The lowest BCUT2D eigenvalue weighted by Gasteiger charge is -2.33. The van der Waals surface area contributed by atoms with Crippen molar-refractivity contribution in [2.45, 2.75) is 18.9 Å². The van der Waals surface area contributed by atoms with Crippen molar-refractivity contribution in [2.24, 2.45) is 5.92 Å². The molecule has 1 aliphatic heterocycles. The fraction of sp³-hybridized carbons (Fsp3) is 0.467. The molecule has 1 aromatic rings. The molecule has 1 aliphatic rings. The second-order valence-corrected chi connectivity index (χ2v) is 4.92. The van der Waals surface area contributed by atoms with Crippen LogP contribution in [0.4, 0.5) is 4.39 Å². The first-order valence-corrected chi connectivity index (χ1v) is 6.47. The Hall–Kier alpha value is -1.19. The highest BCUT2D eigenvalue weighted by Crippen LogP contribution is 2.30. The van der Waals surface area contributed by atoms with Crippen LogP contribution >= 0.6 is 0 Å². The molecule has 1 N–H and O–H groups in total. The number of benzene rings is 1. The standard InChI is InChI=1S/C15H20FNO/c1-2-9-17-10-7-13(8-11-17)15(18)12-3-5-14(16)6-4-12/h2-6,13,15,18H,1,7-11H2. The van der Waals surface area contributed by atoms with Gasteiger partial charge in [0.05, 0.1) is 6.10 Å². The fourth-order valence-electron chi connectivity index (χ4n) is 2.57. The van der Waals surface area contributed by atoms with Gasteiger partial charge in [-0.15, -0.1) is 6.58 Å². The van der Waals surface area contributed by atoms with Gasteiger partial charge in [0.25, 0.3) is 0 Å². The van der Waals surface area contributed by atoms with Gasteiger partial charge < -0.3 is 5.11 Å². The molecular weight excluding hydrogens is 229 g/mol. The molecule has 0 bridgehead atoms. The predicted octanol–water partition coefficient (Wildman–Crippen LogP) is 2.76. The Morgan fingerprint density at radius 3 is 2.50 bits per heavy atom. The third kappa shape index (κ3) is 3.18. The summed E-state index contributed by atoms with van der Waals surface area (Å²) in [5.74, 6) is 0.0169. The molecule has 1 unspecified atom stereocenters. The van der Waals surface area contributed by atoms with E-state index in [1.54, 1.807) is 12.1 Å². The summed E-state index contributed by atoms with van der Waals surface area (Å²) >= 11 is 0. The Bertz CT molecular complexity index is 382. The summed E-state index contributed by atoms with van der Waals surface area (Å²) < 4.78 is 12.8. The first-order chi connectivity index (χ1) is 8.70. The number of hydrogen-bond donors (Lipinski definition) is 1. The largest absolute Gasteiger partial charge is 0.388 e. The van der Waals surface area contributed by atoms with Crippen molar-refractivity contribution in [1.29, 1.82) is 0 Å². The number of aliphatic hydroxyl groups excluding tert-OH is 1. The van der Waals surface area contributed by atoms with Gasteiger partial charge in [-0.25, -0.2) is 4.39 Å². The van der Waals surface area contributed by atoms with Crippen LogP contribution in [-0.4, -0.2) is 29.6 Å². The highest BCUT2D eigenvalue weighted by Gasteiger charge is 2.25. The highest BCUT2D eigenvalue weighted by atomic mass is 19.1. The van der Waals surface area contributed by atoms with Gasteiger partial charge >= 0.3 is 0 Å². The van der Waals surface area contributed by atoms with E-state index in [1.165, 1.54) is 12.1 Å². The summed E-state index contributed by atoms with van der Waals surface area (Å²) in [4.78, 5) is 2.33. The molecule has 3 heteroatoms. The first kappa shape index (κ1) is 13.2. The molecule has 1 aromatic carbocycles. The molecule has 2 nitrogen and oxygen atoms in total. The number of nitrogens with zero attached hydrogens (tertiary/aromatic N) is 1. The maximum Gasteiger partial charge on any atom is 0.123 e. The third-order valence-electron chi connectivity index (χ3n) is 3.68. The van der Waals surface area contributed by atoms with Crippen LogP contribution < -0.4 is 0 Å². The molecule has 1 heterocycles. The Kier molecular flexibility index (Phi) is 4.50. The zero-order valence-electron chi connectivity index (χ0n) is 10.6. The van der Waals surface area contributed by atoms with Gasteiger partial charge in [0.1, 0.15) is 5.82 Å². The summed E-state index contributed by atoms with van der Waals surface area (Å²) in [6.45, 7) is 6.64. The second-order valence-electron chi connectivity index (χ2n) is 4.92. The molecule has 2 rings (SSSR count). The quantitative estimate of drug-likeness (QED) is 0.829. The average Bonchev–Trinajstić information content (AvgIpc) is 2.40. The summed E-state index contributed by atoms with van der Waals surface area (Å²) in [5, 5.41) is 10.3. The van der Waals surface area contributed by atoms with Gasteiger partial charge in [0.15, 0.2) is 0 Å². The van der Waals surface area contributed by atoms with Gasteiger partial charge in [-0.3, -0.25) is 4.90 Å². The zero-order chi connectivity index (χ0) is 13.0. The minimum absolute atomic E-state index is 0.258. The average molecular weight is 249 g/mol. The Balaban J connectivity index is 1.92. The van der Waals surface area contributed by atoms with Crippen LogP contribution in [0.15, 0.2) is 36.9 Å². The number of piperidine rings is 1. The molecular formula is C15H20FNO.